The zero-order valence-electron chi connectivity index (χ0n) is 10.5. The Balaban J connectivity index is 2.30. The van der Waals surface area contributed by atoms with Crippen molar-refractivity contribution in [1.82, 2.24) is 9.71 Å². The topological polar surface area (TPSA) is 76.1 Å². The second-order valence-corrected chi connectivity index (χ2v) is 5.80. The van der Waals surface area contributed by atoms with Gasteiger partial charge >= 0.3 is 0 Å². The Bertz CT molecular complexity index is 725. The molecule has 0 radical (unpaired) electrons. The third-order valence-corrected chi connectivity index (χ3v) is 3.76. The maximum atomic E-state index is 13.2. The van der Waals surface area contributed by atoms with Crippen LogP contribution in [-0.2, 0) is 10.0 Å². The molecule has 1 heterocycles. The van der Waals surface area contributed by atoms with Crippen LogP contribution in [0.2, 0.25) is 0 Å². The lowest BCUT2D eigenvalue weighted by atomic mass is 10.2. The number of hydrogen-bond acceptors (Lipinski definition) is 4. The van der Waals surface area contributed by atoms with E-state index in [1.807, 2.05) is 4.72 Å². The molecule has 104 valence electrons. The summed E-state index contributed by atoms with van der Waals surface area (Å²) in [7, 11) is -4.13. The van der Waals surface area contributed by atoms with Crippen LogP contribution in [0.3, 0.4) is 0 Å². The van der Waals surface area contributed by atoms with Crippen molar-refractivity contribution in [1.29, 1.82) is 0 Å². The lowest BCUT2D eigenvalue weighted by Gasteiger charge is -2.07. The lowest BCUT2D eigenvalue weighted by Crippen LogP contribution is -2.31. The van der Waals surface area contributed by atoms with Gasteiger partial charge in [0.2, 0.25) is 0 Å². The van der Waals surface area contributed by atoms with Gasteiger partial charge in [0.05, 0.1) is 4.90 Å². The van der Waals surface area contributed by atoms with Crippen molar-refractivity contribution in [3.8, 4) is 0 Å². The van der Waals surface area contributed by atoms with Crippen molar-refractivity contribution in [3.63, 3.8) is 0 Å². The molecule has 5 nitrogen and oxygen atoms in total. The smallest absolute Gasteiger partial charge is 0.266 e. The van der Waals surface area contributed by atoms with Crippen molar-refractivity contribution in [2.75, 3.05) is 0 Å². The maximum Gasteiger partial charge on any atom is 0.283 e. The van der Waals surface area contributed by atoms with Crippen molar-refractivity contribution in [2.24, 2.45) is 0 Å². The molecule has 1 N–H and O–H groups in total. The zero-order chi connectivity index (χ0) is 14.8. The van der Waals surface area contributed by atoms with Gasteiger partial charge < -0.3 is 0 Å². The molecule has 1 amide bonds. The fourth-order valence-electron chi connectivity index (χ4n) is 1.59. The molecule has 2 rings (SSSR count). The molecule has 20 heavy (non-hydrogen) atoms. The number of halogens is 1. The predicted molar refractivity (Wildman–Crippen MR) is 70.0 cm³/mol. The molecule has 0 saturated carbocycles. The molecular weight excluding hydrogens is 283 g/mol. The summed E-state index contributed by atoms with van der Waals surface area (Å²) in [4.78, 5) is 15.2. The first-order valence-corrected chi connectivity index (χ1v) is 7.12. The van der Waals surface area contributed by atoms with Crippen LogP contribution in [0.1, 0.15) is 16.1 Å². The van der Waals surface area contributed by atoms with E-state index in [0.717, 1.165) is 6.07 Å². The first-order chi connectivity index (χ1) is 9.38. The van der Waals surface area contributed by atoms with Gasteiger partial charge in [0.15, 0.2) is 0 Å². The Labute approximate surface area is 115 Å². The van der Waals surface area contributed by atoms with E-state index in [0.29, 0.717) is 5.56 Å². The van der Waals surface area contributed by atoms with E-state index >= 15 is 0 Å². The fourth-order valence-corrected chi connectivity index (χ4v) is 2.66. The van der Waals surface area contributed by atoms with Crippen LogP contribution in [-0.4, -0.2) is 19.3 Å². The standard InChI is InChI=1S/C13H11FN2O3S/c1-9-6-10(14)8-11(7-9)20(18,19)16-13(17)12-4-2-3-5-15-12/h2-8H,1H3,(H,16,17). The van der Waals surface area contributed by atoms with Crippen molar-refractivity contribution in [3.05, 3.63) is 59.7 Å². The van der Waals surface area contributed by atoms with E-state index in [4.69, 9.17) is 0 Å². The van der Waals surface area contributed by atoms with Gasteiger partial charge in [0.25, 0.3) is 15.9 Å². The van der Waals surface area contributed by atoms with E-state index in [1.165, 1.54) is 24.4 Å². The number of aromatic nitrogens is 1. The molecule has 0 spiro atoms. The van der Waals surface area contributed by atoms with Crippen molar-refractivity contribution < 1.29 is 17.6 Å². The minimum atomic E-state index is -4.13. The van der Waals surface area contributed by atoms with Gasteiger partial charge in [-0.15, -0.1) is 0 Å². The van der Waals surface area contributed by atoms with Gasteiger partial charge in [-0.3, -0.25) is 9.78 Å². The summed E-state index contributed by atoms with van der Waals surface area (Å²) in [5.74, 6) is -1.55. The number of benzene rings is 1. The van der Waals surface area contributed by atoms with E-state index in [2.05, 4.69) is 4.98 Å². The second-order valence-electron chi connectivity index (χ2n) is 4.11. The molecule has 0 saturated heterocycles. The zero-order valence-corrected chi connectivity index (χ0v) is 11.3. The van der Waals surface area contributed by atoms with Gasteiger partial charge in [0.1, 0.15) is 11.5 Å². The Morgan fingerprint density at radius 1 is 1.25 bits per heavy atom. The highest BCUT2D eigenvalue weighted by atomic mass is 32.2. The van der Waals surface area contributed by atoms with Crippen LogP contribution in [0.25, 0.3) is 0 Å². The highest BCUT2D eigenvalue weighted by molar-refractivity contribution is 7.90. The number of carbonyl (C=O) groups excluding carboxylic acids is 1. The number of aryl methyl sites for hydroxylation is 1. The number of amides is 1. The third kappa shape index (κ3) is 3.18. The van der Waals surface area contributed by atoms with Gasteiger partial charge in [-0.1, -0.05) is 6.07 Å². The Kier molecular flexibility index (Phi) is 3.80. The summed E-state index contributed by atoms with van der Waals surface area (Å²) in [6.07, 6.45) is 1.37. The van der Waals surface area contributed by atoms with Crippen molar-refractivity contribution in [2.45, 2.75) is 11.8 Å². The van der Waals surface area contributed by atoms with Crippen LogP contribution in [0.15, 0.2) is 47.5 Å². The summed E-state index contributed by atoms with van der Waals surface area (Å²) in [6.45, 7) is 1.56. The number of sulfonamides is 1. The molecule has 1 aromatic carbocycles. The van der Waals surface area contributed by atoms with Crippen LogP contribution < -0.4 is 4.72 Å². The Hall–Kier alpha value is -2.28. The van der Waals surface area contributed by atoms with Crippen LogP contribution in [0.5, 0.6) is 0 Å². The van der Waals surface area contributed by atoms with Gasteiger partial charge in [0, 0.05) is 6.20 Å². The highest BCUT2D eigenvalue weighted by Crippen LogP contribution is 2.14. The van der Waals surface area contributed by atoms with E-state index in [-0.39, 0.29) is 10.6 Å². The molecule has 0 aliphatic heterocycles. The molecule has 0 aliphatic rings. The molecule has 7 heteroatoms. The van der Waals surface area contributed by atoms with Crippen LogP contribution in [0, 0.1) is 12.7 Å². The number of pyridine rings is 1. The number of carbonyl (C=O) groups is 1. The Morgan fingerprint density at radius 2 is 2.00 bits per heavy atom. The third-order valence-electron chi connectivity index (χ3n) is 2.45. The minimum absolute atomic E-state index is 0.0378. The van der Waals surface area contributed by atoms with Crippen LogP contribution in [0.4, 0.5) is 4.39 Å². The van der Waals surface area contributed by atoms with Crippen molar-refractivity contribution >= 4 is 15.9 Å². The number of nitrogens with one attached hydrogen (secondary N) is 1. The number of nitrogens with zero attached hydrogens (tertiary/aromatic N) is 1. The summed E-state index contributed by atoms with van der Waals surface area (Å²) < 4.78 is 39.1. The molecule has 0 unspecified atom stereocenters. The highest BCUT2D eigenvalue weighted by Gasteiger charge is 2.20. The quantitative estimate of drug-likeness (QED) is 0.934. The predicted octanol–water partition coefficient (Wildman–Crippen LogP) is 1.65. The molecule has 0 bridgehead atoms. The molecule has 2 aromatic rings. The average Bonchev–Trinajstić information content (AvgIpc) is 2.38. The first-order valence-electron chi connectivity index (χ1n) is 5.64. The second kappa shape index (κ2) is 5.38. The first kappa shape index (κ1) is 14.1. The molecule has 1 aromatic heterocycles. The maximum absolute atomic E-state index is 13.2. The largest absolute Gasteiger partial charge is 0.283 e. The van der Waals surface area contributed by atoms with E-state index in [1.54, 1.807) is 19.1 Å². The van der Waals surface area contributed by atoms with Gasteiger partial charge in [-0.25, -0.2) is 17.5 Å². The molecule has 0 aliphatic carbocycles. The molecule has 0 fully saturated rings. The van der Waals surface area contributed by atoms with Gasteiger partial charge in [-0.05, 0) is 42.8 Å². The van der Waals surface area contributed by atoms with E-state index < -0.39 is 21.7 Å². The fraction of sp³-hybridized carbons (Fsp3) is 0.0769. The summed E-state index contributed by atoms with van der Waals surface area (Å²) in [5.41, 5.74) is 0.403. The monoisotopic (exact) mass is 294 g/mol. The Morgan fingerprint density at radius 3 is 2.60 bits per heavy atom. The average molecular weight is 294 g/mol. The normalized spacial score (nSPS) is 11.1. The number of rotatable bonds is 3. The van der Waals surface area contributed by atoms with E-state index in [9.17, 15) is 17.6 Å². The van der Waals surface area contributed by atoms with Crippen LogP contribution >= 0.6 is 0 Å². The number of hydrogen-bond donors (Lipinski definition) is 1. The summed E-state index contributed by atoms with van der Waals surface area (Å²) >= 11 is 0. The molecular formula is C13H11FN2O3S. The minimum Gasteiger partial charge on any atom is -0.266 e. The molecule has 0 atom stereocenters. The lowest BCUT2D eigenvalue weighted by molar-refractivity contribution is 0.0976. The SMILES string of the molecule is Cc1cc(F)cc(S(=O)(=O)NC(=O)c2ccccn2)c1. The van der Waals surface area contributed by atoms with Gasteiger partial charge in [-0.2, -0.15) is 0 Å². The summed E-state index contributed by atoms with van der Waals surface area (Å²) in [5, 5.41) is 0. The summed E-state index contributed by atoms with van der Waals surface area (Å²) in [6, 6.07) is 7.85.